The van der Waals surface area contributed by atoms with E-state index in [1.807, 2.05) is 54.6 Å². The Balaban J connectivity index is 1.87. The van der Waals surface area contributed by atoms with Gasteiger partial charge in [0.25, 0.3) is 0 Å². The van der Waals surface area contributed by atoms with Gasteiger partial charge >= 0.3 is 5.97 Å². The highest BCUT2D eigenvalue weighted by Crippen LogP contribution is 2.23. The predicted octanol–water partition coefficient (Wildman–Crippen LogP) is 4.01. The highest BCUT2D eigenvalue weighted by atomic mass is 32.2. The lowest BCUT2D eigenvalue weighted by atomic mass is 10.1. The molecule has 0 aliphatic rings. The first-order chi connectivity index (χ1) is 10.7. The van der Waals surface area contributed by atoms with Crippen LogP contribution in [-0.4, -0.2) is 23.4 Å². The van der Waals surface area contributed by atoms with Crippen LogP contribution in [0.3, 0.4) is 0 Å². The molecular formula is C18H20O3S. The molecule has 2 aromatic rings. The van der Waals surface area contributed by atoms with E-state index in [2.05, 4.69) is 0 Å². The van der Waals surface area contributed by atoms with Gasteiger partial charge in [-0.25, -0.2) is 0 Å². The van der Waals surface area contributed by atoms with Crippen molar-refractivity contribution in [2.24, 2.45) is 0 Å². The zero-order valence-electron chi connectivity index (χ0n) is 12.6. The number of carboxylic acid groups (broad SMARTS) is 1. The molecule has 0 spiro atoms. The molecule has 0 heterocycles. The number of ether oxygens (including phenoxy) is 1. The zero-order valence-corrected chi connectivity index (χ0v) is 13.4. The van der Waals surface area contributed by atoms with Crippen LogP contribution >= 0.6 is 11.8 Å². The summed E-state index contributed by atoms with van der Waals surface area (Å²) in [6, 6.07) is 17.7. The van der Waals surface area contributed by atoms with E-state index in [1.165, 1.54) is 17.3 Å². The summed E-state index contributed by atoms with van der Waals surface area (Å²) >= 11 is 1.48. The maximum Gasteiger partial charge on any atom is 0.316 e. The van der Waals surface area contributed by atoms with E-state index >= 15 is 0 Å². The van der Waals surface area contributed by atoms with Crippen molar-refractivity contribution >= 4 is 17.7 Å². The van der Waals surface area contributed by atoms with Crippen molar-refractivity contribution in [2.45, 2.75) is 23.8 Å². The monoisotopic (exact) mass is 316 g/mol. The van der Waals surface area contributed by atoms with Gasteiger partial charge in [-0.3, -0.25) is 4.79 Å². The molecule has 2 rings (SSSR count). The normalized spacial score (nSPS) is 11.9. The Kier molecular flexibility index (Phi) is 6.34. The van der Waals surface area contributed by atoms with Gasteiger partial charge in [-0.05, 0) is 36.1 Å². The molecule has 0 aliphatic heterocycles. The van der Waals surface area contributed by atoms with Crippen LogP contribution in [0, 0.1) is 0 Å². The summed E-state index contributed by atoms with van der Waals surface area (Å²) in [5.74, 6) is 0.762. The Morgan fingerprint density at radius 2 is 1.77 bits per heavy atom. The van der Waals surface area contributed by atoms with E-state index in [1.54, 1.807) is 7.11 Å². The minimum atomic E-state index is -0.741. The van der Waals surface area contributed by atoms with Gasteiger partial charge in [0.05, 0.1) is 7.11 Å². The molecule has 3 nitrogen and oxygen atoms in total. The molecule has 1 atom stereocenters. The van der Waals surface area contributed by atoms with Crippen molar-refractivity contribution in [3.8, 4) is 5.75 Å². The van der Waals surface area contributed by atoms with Gasteiger partial charge in [0.2, 0.25) is 0 Å². The van der Waals surface area contributed by atoms with Crippen molar-refractivity contribution < 1.29 is 14.6 Å². The molecule has 116 valence electrons. The van der Waals surface area contributed by atoms with Gasteiger partial charge in [-0.2, -0.15) is 0 Å². The Morgan fingerprint density at radius 3 is 2.36 bits per heavy atom. The third-order valence-corrected chi connectivity index (χ3v) is 4.76. The quantitative estimate of drug-likeness (QED) is 0.799. The molecular weight excluding hydrogens is 296 g/mol. The van der Waals surface area contributed by atoms with E-state index in [-0.39, 0.29) is 5.25 Å². The number of methoxy groups -OCH3 is 1. The fourth-order valence-corrected chi connectivity index (χ4v) is 3.15. The lowest BCUT2D eigenvalue weighted by molar-refractivity contribution is -0.136. The van der Waals surface area contributed by atoms with Crippen LogP contribution in [0.2, 0.25) is 0 Å². The summed E-state index contributed by atoms with van der Waals surface area (Å²) < 4.78 is 5.12. The number of aliphatic carboxylic acids is 1. The maximum absolute atomic E-state index is 11.4. The number of thioether (sulfide) groups is 1. The Bertz CT molecular complexity index is 581. The zero-order chi connectivity index (χ0) is 15.8. The van der Waals surface area contributed by atoms with Crippen LogP contribution in [-0.2, 0) is 17.0 Å². The minimum absolute atomic E-state index is 0.387. The Morgan fingerprint density at radius 1 is 1.09 bits per heavy atom. The van der Waals surface area contributed by atoms with Gasteiger partial charge in [0.1, 0.15) is 11.0 Å². The van der Waals surface area contributed by atoms with E-state index in [9.17, 15) is 9.90 Å². The summed E-state index contributed by atoms with van der Waals surface area (Å²) in [4.78, 5) is 11.4. The number of hydrogen-bond donors (Lipinski definition) is 1. The van der Waals surface area contributed by atoms with Crippen LogP contribution in [0.1, 0.15) is 17.5 Å². The van der Waals surface area contributed by atoms with Gasteiger partial charge in [0, 0.05) is 5.75 Å². The number of hydrogen-bond acceptors (Lipinski definition) is 3. The van der Waals surface area contributed by atoms with Gasteiger partial charge in [-0.1, -0.05) is 42.5 Å². The molecule has 0 bridgehead atoms. The lowest BCUT2D eigenvalue weighted by Crippen LogP contribution is -2.17. The molecule has 0 saturated carbocycles. The van der Waals surface area contributed by atoms with Gasteiger partial charge in [0.15, 0.2) is 0 Å². The van der Waals surface area contributed by atoms with E-state index in [4.69, 9.17) is 4.74 Å². The first kappa shape index (κ1) is 16.4. The SMILES string of the molecule is COc1ccc(CS[C@@H](CCc2ccccc2)C(=O)O)cc1. The lowest BCUT2D eigenvalue weighted by Gasteiger charge is -2.12. The molecule has 4 heteroatoms. The summed E-state index contributed by atoms with van der Waals surface area (Å²) in [7, 11) is 1.63. The highest BCUT2D eigenvalue weighted by molar-refractivity contribution is 7.99. The minimum Gasteiger partial charge on any atom is -0.497 e. The van der Waals surface area contributed by atoms with E-state index in [0.717, 1.165) is 17.7 Å². The van der Waals surface area contributed by atoms with Crippen LogP contribution in [0.5, 0.6) is 5.75 Å². The second kappa shape index (κ2) is 8.49. The standard InChI is InChI=1S/C18H20O3S/c1-21-16-10-7-15(8-11-16)13-22-17(18(19)20)12-9-14-5-3-2-4-6-14/h2-8,10-11,17H,9,12-13H2,1H3,(H,19,20)/t17-/m0/s1. The van der Waals surface area contributed by atoms with Gasteiger partial charge in [-0.15, -0.1) is 11.8 Å². The number of carbonyl (C=O) groups is 1. The smallest absolute Gasteiger partial charge is 0.316 e. The van der Waals surface area contributed by atoms with Crippen molar-refractivity contribution in [1.82, 2.24) is 0 Å². The van der Waals surface area contributed by atoms with Crippen molar-refractivity contribution in [3.63, 3.8) is 0 Å². The van der Waals surface area contributed by atoms with Crippen LogP contribution in [0.25, 0.3) is 0 Å². The van der Waals surface area contributed by atoms with Crippen molar-refractivity contribution in [1.29, 1.82) is 0 Å². The molecule has 0 fully saturated rings. The second-order valence-corrected chi connectivity index (χ2v) is 6.20. The molecule has 0 unspecified atom stereocenters. The Hall–Kier alpha value is -1.94. The first-order valence-corrected chi connectivity index (χ1v) is 8.25. The number of benzene rings is 2. The van der Waals surface area contributed by atoms with Crippen LogP contribution in [0.15, 0.2) is 54.6 Å². The molecule has 2 aromatic carbocycles. The second-order valence-electron chi connectivity index (χ2n) is 5.01. The van der Waals surface area contributed by atoms with Crippen molar-refractivity contribution in [2.75, 3.05) is 7.11 Å². The summed E-state index contributed by atoms with van der Waals surface area (Å²) in [5.41, 5.74) is 2.29. The fourth-order valence-electron chi connectivity index (χ4n) is 2.14. The molecule has 1 N–H and O–H groups in total. The molecule has 22 heavy (non-hydrogen) atoms. The Labute approximate surface area is 135 Å². The maximum atomic E-state index is 11.4. The molecule has 0 aromatic heterocycles. The van der Waals surface area contributed by atoms with Gasteiger partial charge < -0.3 is 9.84 Å². The first-order valence-electron chi connectivity index (χ1n) is 7.20. The van der Waals surface area contributed by atoms with E-state index < -0.39 is 5.97 Å². The van der Waals surface area contributed by atoms with E-state index in [0.29, 0.717) is 12.2 Å². The number of aryl methyl sites for hydroxylation is 1. The van der Waals surface area contributed by atoms with Crippen molar-refractivity contribution in [3.05, 3.63) is 65.7 Å². The van der Waals surface area contributed by atoms with Crippen LogP contribution in [0.4, 0.5) is 0 Å². The average molecular weight is 316 g/mol. The van der Waals surface area contributed by atoms with Crippen LogP contribution < -0.4 is 4.74 Å². The molecule has 0 aliphatic carbocycles. The fraction of sp³-hybridized carbons (Fsp3) is 0.278. The third-order valence-electron chi connectivity index (χ3n) is 3.42. The predicted molar refractivity (Wildman–Crippen MR) is 90.5 cm³/mol. The average Bonchev–Trinajstić information content (AvgIpc) is 2.56. The molecule has 0 amide bonds. The molecule has 0 saturated heterocycles. The summed E-state index contributed by atoms with van der Waals surface area (Å²) in [5, 5.41) is 8.98. The summed E-state index contributed by atoms with van der Waals surface area (Å²) in [6.07, 6.45) is 1.42. The highest BCUT2D eigenvalue weighted by Gasteiger charge is 2.17. The third kappa shape index (κ3) is 5.11. The topological polar surface area (TPSA) is 46.5 Å². The molecule has 0 radical (unpaired) electrons. The number of carboxylic acids is 1. The largest absolute Gasteiger partial charge is 0.497 e. The number of rotatable bonds is 8. The summed E-state index contributed by atoms with van der Waals surface area (Å²) in [6.45, 7) is 0.